The van der Waals surface area contributed by atoms with Crippen LogP contribution in [0.1, 0.15) is 64.7 Å². The molecule has 41 heavy (non-hydrogen) atoms. The van der Waals surface area contributed by atoms with Gasteiger partial charge in [0.05, 0.1) is 12.3 Å². The summed E-state index contributed by atoms with van der Waals surface area (Å²) in [5.74, 6) is 0. The van der Waals surface area contributed by atoms with Crippen LogP contribution in [0.25, 0.3) is 11.1 Å². The molecule has 0 aliphatic carbocycles. The highest BCUT2D eigenvalue weighted by molar-refractivity contribution is 5.91. The third-order valence-corrected chi connectivity index (χ3v) is 8.80. The van der Waals surface area contributed by atoms with Crippen molar-refractivity contribution in [3.63, 3.8) is 0 Å². The standard InChI is InChI=1S/C34H52N4O3/c1-34(41-33(40)35-32-17-10-9-16-31(32)30-14-7-6-8-15-30)18-24-37(25-19-34)21-12-5-3-2-4-11-20-36-22-13-23-38(27-26-36)28-29-39/h6-10,14-17,39H,2-5,11-13,18-29H2,1H3,(H,35,40). The fourth-order valence-corrected chi connectivity index (χ4v) is 6.16. The Morgan fingerprint density at radius 2 is 1.32 bits per heavy atom. The van der Waals surface area contributed by atoms with Crippen molar-refractivity contribution >= 4 is 11.8 Å². The predicted molar refractivity (Wildman–Crippen MR) is 168 cm³/mol. The maximum atomic E-state index is 12.9. The van der Waals surface area contributed by atoms with E-state index in [2.05, 4.69) is 39.1 Å². The maximum absolute atomic E-state index is 12.9. The number of carbonyl (C=O) groups excluding carboxylic acids is 1. The fraction of sp³-hybridized carbons (Fsp3) is 0.618. The Morgan fingerprint density at radius 3 is 1.98 bits per heavy atom. The lowest BCUT2D eigenvalue weighted by Crippen LogP contribution is -2.46. The zero-order chi connectivity index (χ0) is 28.8. The predicted octanol–water partition coefficient (Wildman–Crippen LogP) is 6.10. The third-order valence-electron chi connectivity index (χ3n) is 8.80. The molecule has 2 fully saturated rings. The molecular formula is C34H52N4O3. The van der Waals surface area contributed by atoms with Gasteiger partial charge in [-0.2, -0.15) is 0 Å². The molecule has 7 heteroatoms. The molecule has 2 aliphatic heterocycles. The van der Waals surface area contributed by atoms with E-state index in [0.717, 1.165) is 75.5 Å². The van der Waals surface area contributed by atoms with E-state index >= 15 is 0 Å². The molecule has 0 unspecified atom stereocenters. The van der Waals surface area contributed by atoms with Gasteiger partial charge in [0, 0.05) is 38.3 Å². The topological polar surface area (TPSA) is 68.3 Å². The first kappa shape index (κ1) is 31.5. The minimum absolute atomic E-state index is 0.274. The van der Waals surface area contributed by atoms with Gasteiger partial charge in [0.25, 0.3) is 0 Å². The van der Waals surface area contributed by atoms with E-state index in [9.17, 15) is 4.79 Å². The van der Waals surface area contributed by atoms with Crippen LogP contribution in [-0.4, -0.2) is 97.0 Å². The number of para-hydroxylation sites is 1. The summed E-state index contributed by atoms with van der Waals surface area (Å²) in [6.45, 7) is 12.1. The van der Waals surface area contributed by atoms with Crippen molar-refractivity contribution in [3.8, 4) is 11.1 Å². The number of hydrogen-bond acceptors (Lipinski definition) is 6. The van der Waals surface area contributed by atoms with Crippen molar-refractivity contribution in [1.82, 2.24) is 14.7 Å². The van der Waals surface area contributed by atoms with E-state index in [0.29, 0.717) is 0 Å². The Labute approximate surface area is 247 Å². The van der Waals surface area contributed by atoms with Crippen LogP contribution in [0.3, 0.4) is 0 Å². The molecule has 0 saturated carbocycles. The van der Waals surface area contributed by atoms with E-state index in [1.165, 1.54) is 58.0 Å². The van der Waals surface area contributed by atoms with Gasteiger partial charge in [0.1, 0.15) is 5.60 Å². The number of piperidine rings is 1. The molecule has 2 heterocycles. The molecule has 1 amide bonds. The normalized spacial score (nSPS) is 18.6. The van der Waals surface area contributed by atoms with E-state index in [-0.39, 0.29) is 12.7 Å². The van der Waals surface area contributed by atoms with Gasteiger partial charge in [0.2, 0.25) is 0 Å². The lowest BCUT2D eigenvalue weighted by atomic mass is 9.93. The van der Waals surface area contributed by atoms with Crippen molar-refractivity contribution in [2.24, 2.45) is 0 Å². The SMILES string of the molecule is CC1(OC(=O)Nc2ccccc2-c2ccccc2)CCN(CCCCCCCCN2CCCN(CCO)CC2)CC1. The summed E-state index contributed by atoms with van der Waals surface area (Å²) < 4.78 is 5.98. The molecule has 0 aromatic heterocycles. The van der Waals surface area contributed by atoms with Gasteiger partial charge < -0.3 is 19.6 Å². The summed E-state index contributed by atoms with van der Waals surface area (Å²) in [6, 6.07) is 18.0. The van der Waals surface area contributed by atoms with Gasteiger partial charge in [0.15, 0.2) is 0 Å². The van der Waals surface area contributed by atoms with Crippen LogP contribution in [0.5, 0.6) is 0 Å². The zero-order valence-electron chi connectivity index (χ0n) is 25.2. The van der Waals surface area contributed by atoms with Crippen molar-refractivity contribution in [2.75, 3.05) is 70.8 Å². The Kier molecular flexibility index (Phi) is 12.9. The molecule has 0 bridgehead atoms. The number of aliphatic hydroxyl groups excluding tert-OH is 1. The highest BCUT2D eigenvalue weighted by Gasteiger charge is 2.33. The van der Waals surface area contributed by atoms with Gasteiger partial charge in [-0.3, -0.25) is 10.2 Å². The number of benzene rings is 2. The number of anilines is 1. The Balaban J connectivity index is 1.05. The number of unbranched alkanes of at least 4 members (excludes halogenated alkanes) is 5. The van der Waals surface area contributed by atoms with Crippen LogP contribution in [0.15, 0.2) is 54.6 Å². The molecule has 2 aromatic rings. The summed E-state index contributed by atoms with van der Waals surface area (Å²) >= 11 is 0. The summed E-state index contributed by atoms with van der Waals surface area (Å²) in [5.41, 5.74) is 2.42. The molecule has 0 spiro atoms. The zero-order valence-corrected chi connectivity index (χ0v) is 25.2. The second kappa shape index (κ2) is 16.9. The molecule has 2 aromatic carbocycles. The molecular weight excluding hydrogens is 512 g/mol. The number of nitrogens with zero attached hydrogens (tertiary/aromatic N) is 3. The summed E-state index contributed by atoms with van der Waals surface area (Å²) in [7, 11) is 0. The number of nitrogens with one attached hydrogen (secondary N) is 1. The van der Waals surface area contributed by atoms with Gasteiger partial charge in [-0.15, -0.1) is 0 Å². The molecule has 0 radical (unpaired) electrons. The number of β-amino-alcohol motifs (C(OH)–C–C–N with tert-alkyl or cyclic N) is 1. The summed E-state index contributed by atoms with van der Waals surface area (Å²) in [6.07, 6.45) is 10.4. The Hall–Kier alpha value is -2.45. The quantitative estimate of drug-likeness (QED) is 0.271. The summed E-state index contributed by atoms with van der Waals surface area (Å²) in [4.78, 5) is 20.4. The molecule has 0 atom stereocenters. The first-order chi connectivity index (χ1) is 20.0. The van der Waals surface area contributed by atoms with Crippen LogP contribution >= 0.6 is 0 Å². The van der Waals surface area contributed by atoms with Crippen molar-refractivity contribution in [3.05, 3.63) is 54.6 Å². The number of ether oxygens (including phenoxy) is 1. The van der Waals surface area contributed by atoms with Crippen molar-refractivity contribution in [1.29, 1.82) is 0 Å². The maximum Gasteiger partial charge on any atom is 0.412 e. The molecule has 226 valence electrons. The number of carbonyl (C=O) groups is 1. The van der Waals surface area contributed by atoms with Crippen LogP contribution in [0, 0.1) is 0 Å². The molecule has 4 rings (SSSR count). The Morgan fingerprint density at radius 1 is 0.756 bits per heavy atom. The van der Waals surface area contributed by atoms with E-state index < -0.39 is 5.60 Å². The van der Waals surface area contributed by atoms with Crippen LogP contribution in [0.4, 0.5) is 10.5 Å². The minimum Gasteiger partial charge on any atom is -0.443 e. The first-order valence-corrected chi connectivity index (χ1v) is 16.0. The highest BCUT2D eigenvalue weighted by Crippen LogP contribution is 2.30. The number of hydrogen-bond donors (Lipinski definition) is 2. The van der Waals surface area contributed by atoms with E-state index in [1.54, 1.807) is 0 Å². The Bertz CT molecular complexity index is 1030. The minimum atomic E-state index is -0.424. The van der Waals surface area contributed by atoms with Gasteiger partial charge >= 0.3 is 6.09 Å². The number of aliphatic hydroxyl groups is 1. The van der Waals surface area contributed by atoms with Crippen LogP contribution in [-0.2, 0) is 4.74 Å². The monoisotopic (exact) mass is 564 g/mol. The number of likely N-dealkylation sites (tertiary alicyclic amines) is 1. The fourth-order valence-electron chi connectivity index (χ4n) is 6.16. The van der Waals surface area contributed by atoms with E-state index in [1.807, 2.05) is 42.5 Å². The van der Waals surface area contributed by atoms with Gasteiger partial charge in [-0.25, -0.2) is 4.79 Å². The molecule has 7 nitrogen and oxygen atoms in total. The second-order valence-corrected chi connectivity index (χ2v) is 12.1. The van der Waals surface area contributed by atoms with E-state index in [4.69, 9.17) is 9.84 Å². The smallest absolute Gasteiger partial charge is 0.412 e. The number of rotatable bonds is 14. The van der Waals surface area contributed by atoms with Gasteiger partial charge in [-0.1, -0.05) is 74.2 Å². The van der Waals surface area contributed by atoms with Crippen molar-refractivity contribution < 1.29 is 14.6 Å². The molecule has 2 saturated heterocycles. The number of amides is 1. The van der Waals surface area contributed by atoms with Crippen LogP contribution < -0.4 is 5.32 Å². The summed E-state index contributed by atoms with van der Waals surface area (Å²) in [5, 5.41) is 12.2. The lowest BCUT2D eigenvalue weighted by Gasteiger charge is -2.38. The average Bonchev–Trinajstić information content (AvgIpc) is 3.21. The van der Waals surface area contributed by atoms with Gasteiger partial charge in [-0.05, 0) is 76.8 Å². The average molecular weight is 565 g/mol. The third kappa shape index (κ3) is 10.7. The van der Waals surface area contributed by atoms with Crippen molar-refractivity contribution in [2.45, 2.75) is 70.3 Å². The largest absolute Gasteiger partial charge is 0.443 e. The molecule has 2 aliphatic rings. The highest BCUT2D eigenvalue weighted by atomic mass is 16.6. The molecule has 2 N–H and O–H groups in total. The second-order valence-electron chi connectivity index (χ2n) is 12.1. The van der Waals surface area contributed by atoms with Crippen LogP contribution in [0.2, 0.25) is 0 Å². The lowest BCUT2D eigenvalue weighted by molar-refractivity contribution is -0.0163. The first-order valence-electron chi connectivity index (χ1n) is 16.0.